The minimum atomic E-state index is -1.67. The average Bonchev–Trinajstić information content (AvgIpc) is 2.55. The highest BCUT2D eigenvalue weighted by Crippen LogP contribution is 2.38. The third kappa shape index (κ3) is 4.15. The van der Waals surface area contributed by atoms with E-state index in [1.54, 1.807) is 13.2 Å². The Bertz CT molecular complexity index is 601. The lowest BCUT2D eigenvalue weighted by Gasteiger charge is -2.43. The van der Waals surface area contributed by atoms with E-state index in [1.807, 2.05) is 60.7 Å². The molecule has 0 aliphatic carbocycles. The van der Waals surface area contributed by atoms with Crippen LogP contribution in [0, 0.1) is 0 Å². The van der Waals surface area contributed by atoms with E-state index < -0.39 is 16.6 Å². The Balaban J connectivity index is 2.20. The van der Waals surface area contributed by atoms with Crippen LogP contribution in [-0.4, -0.2) is 38.2 Å². The van der Waals surface area contributed by atoms with Crippen molar-refractivity contribution in [3.8, 4) is 0 Å². The van der Waals surface area contributed by atoms with Gasteiger partial charge in [-0.25, -0.2) is 0 Å². The van der Waals surface area contributed by atoms with Crippen LogP contribution in [0.2, 0.25) is 0 Å². The molecule has 0 saturated carbocycles. The van der Waals surface area contributed by atoms with Gasteiger partial charge in [-0.3, -0.25) is 0 Å². The van der Waals surface area contributed by atoms with Gasteiger partial charge >= 0.3 is 0 Å². The van der Waals surface area contributed by atoms with Crippen molar-refractivity contribution in [2.45, 2.75) is 36.4 Å². The van der Waals surface area contributed by atoms with Crippen molar-refractivity contribution in [2.75, 3.05) is 6.26 Å². The molecule has 0 bridgehead atoms. The predicted octanol–water partition coefficient (Wildman–Crippen LogP) is 2.64. The van der Waals surface area contributed by atoms with E-state index >= 15 is 0 Å². The quantitative estimate of drug-likeness (QED) is 0.682. The number of hydrogen-bond acceptors (Lipinski definition) is 4. The zero-order valence-electron chi connectivity index (χ0n) is 13.5. The summed E-state index contributed by atoms with van der Waals surface area (Å²) >= 11 is 1.08. The first kappa shape index (κ1) is 18.0. The summed E-state index contributed by atoms with van der Waals surface area (Å²) in [4.78, 5) is -1.67. The van der Waals surface area contributed by atoms with Gasteiger partial charge in [0.1, 0.15) is 5.60 Å². The molecule has 3 atom stereocenters. The molecular weight excluding hydrogens is 308 g/mol. The van der Waals surface area contributed by atoms with E-state index in [4.69, 9.17) is 0 Å². The van der Waals surface area contributed by atoms with Crippen molar-refractivity contribution in [3.05, 3.63) is 71.8 Å². The third-order valence-electron chi connectivity index (χ3n) is 4.20. The van der Waals surface area contributed by atoms with E-state index in [-0.39, 0.29) is 12.8 Å². The molecule has 23 heavy (non-hydrogen) atoms. The van der Waals surface area contributed by atoms with Gasteiger partial charge in [0.2, 0.25) is 0 Å². The lowest BCUT2D eigenvalue weighted by molar-refractivity contribution is -0.137. The summed E-state index contributed by atoms with van der Waals surface area (Å²) in [5.41, 5.74) is 0.363. The topological polar surface area (TPSA) is 60.7 Å². The molecule has 0 aromatic heterocycles. The normalized spacial score (nSPS) is 18.0. The molecule has 0 spiro atoms. The standard InChI is InChI=1S/C19H24O3S/c1-18(21,14-16-11-7-4-8-12-16)19(22,23-2)17(20)13-15-9-5-3-6-10-15/h3-12,17,20-22H,13-14H2,1-2H3. The van der Waals surface area contributed by atoms with E-state index in [0.717, 1.165) is 22.9 Å². The van der Waals surface area contributed by atoms with Crippen molar-refractivity contribution in [1.29, 1.82) is 0 Å². The van der Waals surface area contributed by atoms with Gasteiger partial charge in [0, 0.05) is 12.8 Å². The van der Waals surface area contributed by atoms with Gasteiger partial charge in [-0.15, -0.1) is 11.8 Å². The summed E-state index contributed by atoms with van der Waals surface area (Å²) in [6.07, 6.45) is 1.16. The second-order valence-corrected chi connectivity index (χ2v) is 7.07. The van der Waals surface area contributed by atoms with Gasteiger partial charge in [-0.05, 0) is 24.3 Å². The van der Waals surface area contributed by atoms with E-state index in [2.05, 4.69) is 0 Å². The second-order valence-electron chi connectivity index (χ2n) is 6.04. The number of benzene rings is 2. The number of rotatable bonds is 7. The van der Waals surface area contributed by atoms with Crippen LogP contribution in [0.25, 0.3) is 0 Å². The molecule has 0 fully saturated rings. The largest absolute Gasteiger partial charge is 0.389 e. The van der Waals surface area contributed by atoms with E-state index in [0.29, 0.717) is 0 Å². The van der Waals surface area contributed by atoms with Crippen LogP contribution in [0.5, 0.6) is 0 Å². The van der Waals surface area contributed by atoms with Crippen LogP contribution < -0.4 is 0 Å². The molecule has 2 aromatic rings. The van der Waals surface area contributed by atoms with Gasteiger partial charge in [-0.1, -0.05) is 60.7 Å². The Morgan fingerprint density at radius 2 is 1.39 bits per heavy atom. The van der Waals surface area contributed by atoms with Crippen LogP contribution in [0.15, 0.2) is 60.7 Å². The number of hydrogen-bond donors (Lipinski definition) is 3. The van der Waals surface area contributed by atoms with Gasteiger partial charge < -0.3 is 15.3 Å². The van der Waals surface area contributed by atoms with Gasteiger partial charge in [-0.2, -0.15) is 0 Å². The molecule has 3 unspecified atom stereocenters. The molecule has 2 rings (SSSR count). The van der Waals surface area contributed by atoms with E-state index in [1.165, 1.54) is 0 Å². The van der Waals surface area contributed by atoms with Gasteiger partial charge in [0.25, 0.3) is 0 Å². The molecule has 4 heteroatoms. The zero-order valence-corrected chi connectivity index (χ0v) is 14.3. The first-order chi connectivity index (χ1) is 10.9. The SMILES string of the molecule is CSC(O)(C(O)Cc1ccccc1)C(C)(O)Cc1ccccc1. The Kier molecular flexibility index (Phi) is 5.87. The van der Waals surface area contributed by atoms with Crippen molar-refractivity contribution in [2.24, 2.45) is 0 Å². The van der Waals surface area contributed by atoms with Crippen LogP contribution in [0.1, 0.15) is 18.1 Å². The molecule has 2 aromatic carbocycles. The van der Waals surface area contributed by atoms with Crippen LogP contribution in [0.3, 0.4) is 0 Å². The molecule has 0 aliphatic rings. The van der Waals surface area contributed by atoms with Crippen molar-refractivity contribution in [1.82, 2.24) is 0 Å². The summed E-state index contributed by atoms with van der Waals surface area (Å²) in [5.74, 6) is 0. The minimum absolute atomic E-state index is 0.261. The summed E-state index contributed by atoms with van der Waals surface area (Å²) in [5, 5.41) is 32.5. The maximum absolute atomic E-state index is 11.0. The monoisotopic (exact) mass is 332 g/mol. The fourth-order valence-corrected chi connectivity index (χ4v) is 3.68. The maximum atomic E-state index is 11.0. The highest BCUT2D eigenvalue weighted by atomic mass is 32.2. The van der Waals surface area contributed by atoms with Crippen LogP contribution in [-0.2, 0) is 12.8 Å². The molecule has 0 saturated heterocycles. The molecule has 3 N–H and O–H groups in total. The van der Waals surface area contributed by atoms with Gasteiger partial charge in [0.05, 0.1) is 6.10 Å². The summed E-state index contributed by atoms with van der Waals surface area (Å²) in [6, 6.07) is 19.0. The molecule has 0 radical (unpaired) electrons. The highest BCUT2D eigenvalue weighted by molar-refractivity contribution is 7.99. The summed E-state index contributed by atoms with van der Waals surface area (Å²) < 4.78 is 0. The predicted molar refractivity (Wildman–Crippen MR) is 95.4 cm³/mol. The van der Waals surface area contributed by atoms with Crippen LogP contribution in [0.4, 0.5) is 0 Å². The lowest BCUT2D eigenvalue weighted by atomic mass is 9.85. The second kappa shape index (κ2) is 7.49. The van der Waals surface area contributed by atoms with Crippen molar-refractivity contribution in [3.63, 3.8) is 0 Å². The van der Waals surface area contributed by atoms with Crippen molar-refractivity contribution < 1.29 is 15.3 Å². The Morgan fingerprint density at radius 1 is 0.913 bits per heavy atom. The smallest absolute Gasteiger partial charge is 0.165 e. The summed E-state index contributed by atoms with van der Waals surface area (Å²) in [7, 11) is 0. The molecule has 0 amide bonds. The first-order valence-electron chi connectivity index (χ1n) is 7.65. The Hall–Kier alpha value is -1.33. The molecular formula is C19H24O3S. The number of thioether (sulfide) groups is 1. The average molecular weight is 332 g/mol. The summed E-state index contributed by atoms with van der Waals surface area (Å²) in [6.45, 7) is 1.57. The first-order valence-corrected chi connectivity index (χ1v) is 8.87. The minimum Gasteiger partial charge on any atom is -0.389 e. The molecule has 3 nitrogen and oxygen atoms in total. The molecule has 0 heterocycles. The van der Waals surface area contributed by atoms with E-state index in [9.17, 15) is 15.3 Å². The number of aliphatic hydroxyl groups excluding tert-OH is 1. The maximum Gasteiger partial charge on any atom is 0.165 e. The van der Waals surface area contributed by atoms with Crippen LogP contribution >= 0.6 is 11.8 Å². The fraction of sp³-hybridized carbons (Fsp3) is 0.368. The Labute approximate surface area is 142 Å². The fourth-order valence-electron chi connectivity index (χ4n) is 2.81. The third-order valence-corrected chi connectivity index (χ3v) is 5.53. The van der Waals surface area contributed by atoms with Crippen molar-refractivity contribution >= 4 is 11.8 Å². The Morgan fingerprint density at radius 3 is 1.87 bits per heavy atom. The molecule has 0 aliphatic heterocycles. The zero-order chi connectivity index (χ0) is 16.9. The highest BCUT2D eigenvalue weighted by Gasteiger charge is 2.50. The van der Waals surface area contributed by atoms with Gasteiger partial charge in [0.15, 0.2) is 4.93 Å². The number of aliphatic hydroxyl groups is 3. The lowest BCUT2D eigenvalue weighted by Crippen LogP contribution is -2.59. The molecule has 124 valence electrons.